The molecule has 1 aliphatic heterocycles. The number of halogens is 1. The van der Waals surface area contributed by atoms with Gasteiger partial charge in [-0.15, -0.1) is 0 Å². The van der Waals surface area contributed by atoms with Crippen molar-refractivity contribution in [2.75, 3.05) is 43.0 Å². The summed E-state index contributed by atoms with van der Waals surface area (Å²) in [6.07, 6.45) is 4.97. The number of aromatic nitrogens is 2. The lowest BCUT2D eigenvalue weighted by atomic mass is 10.4. The van der Waals surface area contributed by atoms with Crippen molar-refractivity contribution < 1.29 is 0 Å². The maximum Gasteiger partial charge on any atom is 0.225 e. The van der Waals surface area contributed by atoms with Gasteiger partial charge in [-0.25, -0.2) is 9.97 Å². The van der Waals surface area contributed by atoms with E-state index in [1.54, 1.807) is 0 Å². The molecule has 0 N–H and O–H groups in total. The number of anilines is 1. The predicted molar refractivity (Wildman–Crippen MR) is 73.8 cm³/mol. The summed E-state index contributed by atoms with van der Waals surface area (Å²) >= 11 is 3.50. The summed E-state index contributed by atoms with van der Waals surface area (Å²) in [6.45, 7) is 7.50. The monoisotopic (exact) mass is 298 g/mol. The summed E-state index contributed by atoms with van der Waals surface area (Å²) in [7, 11) is 0. The van der Waals surface area contributed by atoms with Crippen molar-refractivity contribution in [2.24, 2.45) is 0 Å². The molecule has 0 unspecified atom stereocenters. The third-order valence-electron chi connectivity index (χ3n) is 3.04. The van der Waals surface area contributed by atoms with Gasteiger partial charge in [0.2, 0.25) is 5.95 Å². The Kier molecular flexibility index (Phi) is 4.74. The lowest BCUT2D eigenvalue weighted by Crippen LogP contribution is -2.32. The summed E-state index contributed by atoms with van der Waals surface area (Å²) in [5.74, 6) is 0.872. The first-order valence-corrected chi connectivity index (χ1v) is 7.23. The zero-order valence-corrected chi connectivity index (χ0v) is 11.9. The lowest BCUT2D eigenvalue weighted by molar-refractivity contribution is 0.313. The molecule has 1 fully saturated rings. The van der Waals surface area contributed by atoms with Crippen LogP contribution in [0.15, 0.2) is 12.4 Å². The van der Waals surface area contributed by atoms with Crippen LogP contribution in [0.2, 0.25) is 0 Å². The van der Waals surface area contributed by atoms with Gasteiger partial charge in [-0.05, 0) is 25.5 Å². The van der Waals surface area contributed by atoms with E-state index in [0.717, 1.165) is 43.0 Å². The molecule has 1 aromatic rings. The topological polar surface area (TPSA) is 32.3 Å². The molecule has 0 bridgehead atoms. The van der Waals surface area contributed by atoms with E-state index in [-0.39, 0.29) is 0 Å². The molecule has 0 amide bonds. The average molecular weight is 299 g/mol. The molecule has 0 aromatic carbocycles. The number of alkyl halides is 1. The molecule has 1 saturated heterocycles. The van der Waals surface area contributed by atoms with Gasteiger partial charge in [0.15, 0.2) is 0 Å². The molecule has 2 rings (SSSR count). The number of hydrogen-bond donors (Lipinski definition) is 0. The fourth-order valence-electron chi connectivity index (χ4n) is 2.06. The second-order valence-corrected chi connectivity index (χ2v) is 5.22. The zero-order chi connectivity index (χ0) is 12.1. The Morgan fingerprint density at radius 1 is 1.18 bits per heavy atom. The molecular weight excluding hydrogens is 280 g/mol. The smallest absolute Gasteiger partial charge is 0.225 e. The van der Waals surface area contributed by atoms with E-state index < -0.39 is 0 Å². The summed E-state index contributed by atoms with van der Waals surface area (Å²) in [6, 6.07) is 0. The third kappa shape index (κ3) is 3.64. The van der Waals surface area contributed by atoms with Crippen molar-refractivity contribution in [3.05, 3.63) is 18.0 Å². The van der Waals surface area contributed by atoms with Gasteiger partial charge in [-0.1, -0.05) is 15.9 Å². The first-order valence-electron chi connectivity index (χ1n) is 6.11. The lowest BCUT2D eigenvalue weighted by Gasteiger charge is -2.21. The molecule has 0 saturated carbocycles. The minimum absolute atomic E-state index is 0.872. The van der Waals surface area contributed by atoms with Crippen LogP contribution in [0.5, 0.6) is 0 Å². The van der Waals surface area contributed by atoms with Gasteiger partial charge in [0.25, 0.3) is 0 Å². The van der Waals surface area contributed by atoms with Crippen molar-refractivity contribution in [1.29, 1.82) is 0 Å². The number of nitrogens with zero attached hydrogens (tertiary/aromatic N) is 4. The van der Waals surface area contributed by atoms with Gasteiger partial charge in [-0.3, -0.25) is 0 Å². The summed E-state index contributed by atoms with van der Waals surface area (Å²) in [5.41, 5.74) is 1.12. The van der Waals surface area contributed by atoms with Crippen molar-refractivity contribution >= 4 is 21.9 Å². The van der Waals surface area contributed by atoms with Crippen LogP contribution >= 0.6 is 15.9 Å². The van der Waals surface area contributed by atoms with Crippen molar-refractivity contribution in [3.8, 4) is 0 Å². The quantitative estimate of drug-likeness (QED) is 0.795. The van der Waals surface area contributed by atoms with Crippen LogP contribution in [0.4, 0.5) is 5.95 Å². The first kappa shape index (κ1) is 12.8. The van der Waals surface area contributed by atoms with Crippen LogP contribution in [0.3, 0.4) is 0 Å². The van der Waals surface area contributed by atoms with Crippen LogP contribution in [0, 0.1) is 6.92 Å². The molecule has 0 spiro atoms. The van der Waals surface area contributed by atoms with E-state index in [4.69, 9.17) is 0 Å². The highest BCUT2D eigenvalue weighted by molar-refractivity contribution is 9.09. The minimum Gasteiger partial charge on any atom is -0.339 e. The van der Waals surface area contributed by atoms with E-state index in [1.807, 2.05) is 19.3 Å². The van der Waals surface area contributed by atoms with Crippen LogP contribution in [-0.4, -0.2) is 52.9 Å². The Balaban J connectivity index is 1.96. The number of rotatable bonds is 3. The van der Waals surface area contributed by atoms with Crippen molar-refractivity contribution in [1.82, 2.24) is 14.9 Å². The maximum atomic E-state index is 4.40. The largest absolute Gasteiger partial charge is 0.339 e. The van der Waals surface area contributed by atoms with Gasteiger partial charge >= 0.3 is 0 Å². The van der Waals surface area contributed by atoms with E-state index in [9.17, 15) is 0 Å². The van der Waals surface area contributed by atoms with Crippen LogP contribution in [0.1, 0.15) is 12.0 Å². The highest BCUT2D eigenvalue weighted by atomic mass is 79.9. The number of hydrogen-bond acceptors (Lipinski definition) is 4. The van der Waals surface area contributed by atoms with Gasteiger partial charge in [0, 0.05) is 43.9 Å². The summed E-state index contributed by atoms with van der Waals surface area (Å²) in [5, 5.41) is 1.05. The molecule has 2 heterocycles. The fraction of sp³-hybridized carbons (Fsp3) is 0.667. The highest BCUT2D eigenvalue weighted by Crippen LogP contribution is 2.11. The van der Waals surface area contributed by atoms with E-state index in [0.29, 0.717) is 0 Å². The zero-order valence-electron chi connectivity index (χ0n) is 10.3. The molecule has 0 radical (unpaired) electrons. The van der Waals surface area contributed by atoms with Crippen LogP contribution < -0.4 is 4.90 Å². The molecule has 1 aromatic heterocycles. The highest BCUT2D eigenvalue weighted by Gasteiger charge is 2.15. The van der Waals surface area contributed by atoms with Crippen molar-refractivity contribution in [2.45, 2.75) is 13.3 Å². The molecule has 0 atom stereocenters. The first-order chi connectivity index (χ1) is 8.29. The van der Waals surface area contributed by atoms with Gasteiger partial charge < -0.3 is 9.80 Å². The second-order valence-electron chi connectivity index (χ2n) is 4.43. The van der Waals surface area contributed by atoms with Crippen LogP contribution in [-0.2, 0) is 0 Å². The fourth-order valence-corrected chi connectivity index (χ4v) is 2.56. The Bertz CT molecular complexity index is 341. The maximum absolute atomic E-state index is 4.40. The van der Waals surface area contributed by atoms with Crippen molar-refractivity contribution in [3.63, 3.8) is 0 Å². The Labute approximate surface area is 111 Å². The molecule has 5 heteroatoms. The Hall–Kier alpha value is -0.680. The van der Waals surface area contributed by atoms with Crippen LogP contribution in [0.25, 0.3) is 0 Å². The van der Waals surface area contributed by atoms with Gasteiger partial charge in [0.05, 0.1) is 0 Å². The minimum atomic E-state index is 0.872. The Morgan fingerprint density at radius 2 is 1.94 bits per heavy atom. The average Bonchev–Trinajstić information content (AvgIpc) is 2.56. The summed E-state index contributed by atoms with van der Waals surface area (Å²) in [4.78, 5) is 13.6. The second kappa shape index (κ2) is 6.31. The third-order valence-corrected chi connectivity index (χ3v) is 3.39. The number of aryl methyl sites for hydroxylation is 1. The normalized spacial score (nSPS) is 18.1. The van der Waals surface area contributed by atoms with Gasteiger partial charge in [-0.2, -0.15) is 0 Å². The standard InChI is InChI=1S/C12H19BrN4/c1-11-9-14-12(15-10-11)17-5-2-4-16(6-3-13)7-8-17/h9-10H,2-8H2,1H3. The van der Waals surface area contributed by atoms with E-state index in [1.165, 1.54) is 13.0 Å². The molecule has 4 nitrogen and oxygen atoms in total. The molecule has 1 aliphatic rings. The predicted octanol–water partition coefficient (Wildman–Crippen LogP) is 1.69. The molecule has 0 aliphatic carbocycles. The summed E-state index contributed by atoms with van der Waals surface area (Å²) < 4.78 is 0. The van der Waals surface area contributed by atoms with E-state index in [2.05, 4.69) is 35.7 Å². The Morgan fingerprint density at radius 3 is 2.65 bits per heavy atom. The van der Waals surface area contributed by atoms with Gasteiger partial charge in [0.1, 0.15) is 0 Å². The van der Waals surface area contributed by atoms with E-state index >= 15 is 0 Å². The molecule has 94 valence electrons. The molecular formula is C12H19BrN4. The SMILES string of the molecule is Cc1cnc(N2CCCN(CCBr)CC2)nc1. The molecule has 17 heavy (non-hydrogen) atoms.